The predicted molar refractivity (Wildman–Crippen MR) is 86.6 cm³/mol. The Morgan fingerprint density at radius 1 is 1.09 bits per heavy atom. The summed E-state index contributed by atoms with van der Waals surface area (Å²) in [6.07, 6.45) is 0. The molecule has 0 amide bonds. The fourth-order valence-corrected chi connectivity index (χ4v) is 2.61. The molecule has 0 saturated heterocycles. The highest BCUT2D eigenvalue weighted by Crippen LogP contribution is 2.28. The Kier molecular flexibility index (Phi) is 4.22. The van der Waals surface area contributed by atoms with Crippen LogP contribution in [0.15, 0.2) is 54.6 Å². The summed E-state index contributed by atoms with van der Waals surface area (Å²) in [5.41, 5.74) is 3.44. The third-order valence-electron chi connectivity index (χ3n) is 3.68. The Labute approximate surface area is 134 Å². The van der Waals surface area contributed by atoms with E-state index < -0.39 is 0 Å². The Morgan fingerprint density at radius 3 is 2.41 bits per heavy atom. The van der Waals surface area contributed by atoms with Gasteiger partial charge in [-0.3, -0.25) is 0 Å². The van der Waals surface area contributed by atoms with Crippen LogP contribution in [0.1, 0.15) is 24.2 Å². The first-order valence-corrected chi connectivity index (χ1v) is 7.44. The highest BCUT2D eigenvalue weighted by molar-refractivity contribution is 6.30. The third kappa shape index (κ3) is 2.75. The summed E-state index contributed by atoms with van der Waals surface area (Å²) >= 11 is 5.96. The fourth-order valence-electron chi connectivity index (χ4n) is 2.48. The highest BCUT2D eigenvalue weighted by atomic mass is 35.5. The predicted octanol–water partition coefficient (Wildman–Crippen LogP) is 3.70. The van der Waals surface area contributed by atoms with Gasteiger partial charge in [-0.1, -0.05) is 59.3 Å². The zero-order chi connectivity index (χ0) is 15.5. The molecule has 0 spiro atoms. The molecular weight excluding hydrogens is 298 g/mol. The van der Waals surface area contributed by atoms with E-state index in [0.29, 0.717) is 10.7 Å². The van der Waals surface area contributed by atoms with Crippen molar-refractivity contribution in [3.8, 4) is 11.3 Å². The van der Waals surface area contributed by atoms with Gasteiger partial charge < -0.3 is 5.11 Å². The van der Waals surface area contributed by atoms with Crippen molar-refractivity contribution in [2.24, 2.45) is 0 Å². The molecule has 0 radical (unpaired) electrons. The molecule has 1 atom stereocenters. The van der Waals surface area contributed by atoms with E-state index in [2.05, 4.69) is 29.4 Å². The number of aliphatic hydroxyl groups excluding tert-OH is 1. The monoisotopic (exact) mass is 313 g/mol. The summed E-state index contributed by atoms with van der Waals surface area (Å²) in [7, 11) is 0. The van der Waals surface area contributed by atoms with Crippen molar-refractivity contribution >= 4 is 11.6 Å². The largest absolute Gasteiger partial charge is 0.390 e. The SMILES string of the molecule is CC(c1ccccc1)n1nnc(CO)c1-c1ccc(Cl)cc1. The molecule has 2 aromatic carbocycles. The van der Waals surface area contributed by atoms with Gasteiger partial charge in [0.15, 0.2) is 0 Å². The first kappa shape index (κ1) is 14.8. The highest BCUT2D eigenvalue weighted by Gasteiger charge is 2.19. The van der Waals surface area contributed by atoms with Crippen molar-refractivity contribution in [1.29, 1.82) is 0 Å². The van der Waals surface area contributed by atoms with Gasteiger partial charge in [-0.05, 0) is 24.6 Å². The minimum atomic E-state index is -0.153. The van der Waals surface area contributed by atoms with Crippen LogP contribution in [0.3, 0.4) is 0 Å². The molecule has 1 unspecified atom stereocenters. The number of aliphatic hydroxyl groups is 1. The lowest BCUT2D eigenvalue weighted by Crippen LogP contribution is -2.10. The second-order valence-electron chi connectivity index (χ2n) is 5.08. The van der Waals surface area contributed by atoms with Gasteiger partial charge >= 0.3 is 0 Å². The van der Waals surface area contributed by atoms with Crippen molar-refractivity contribution in [2.75, 3.05) is 0 Å². The van der Waals surface area contributed by atoms with Crippen molar-refractivity contribution < 1.29 is 5.11 Å². The van der Waals surface area contributed by atoms with Gasteiger partial charge in [-0.25, -0.2) is 4.68 Å². The maximum Gasteiger partial charge on any atom is 0.116 e. The van der Waals surface area contributed by atoms with Crippen molar-refractivity contribution in [2.45, 2.75) is 19.6 Å². The minimum Gasteiger partial charge on any atom is -0.390 e. The van der Waals surface area contributed by atoms with E-state index in [0.717, 1.165) is 16.8 Å². The van der Waals surface area contributed by atoms with Gasteiger partial charge in [0.2, 0.25) is 0 Å². The van der Waals surface area contributed by atoms with Gasteiger partial charge in [-0.2, -0.15) is 0 Å². The summed E-state index contributed by atoms with van der Waals surface area (Å²) in [5.74, 6) is 0. The molecule has 0 aliphatic heterocycles. The molecule has 4 nitrogen and oxygen atoms in total. The maximum atomic E-state index is 9.56. The van der Waals surface area contributed by atoms with Crippen molar-refractivity contribution in [3.63, 3.8) is 0 Å². The van der Waals surface area contributed by atoms with E-state index in [1.165, 1.54) is 0 Å². The molecule has 0 saturated carbocycles. The lowest BCUT2D eigenvalue weighted by Gasteiger charge is -2.16. The number of hydrogen-bond acceptors (Lipinski definition) is 3. The van der Waals surface area contributed by atoms with Crippen LogP contribution in [0, 0.1) is 0 Å². The van der Waals surface area contributed by atoms with Gasteiger partial charge in [0.05, 0.1) is 18.3 Å². The summed E-state index contributed by atoms with van der Waals surface area (Å²) in [5, 5.41) is 18.6. The molecule has 112 valence electrons. The van der Waals surface area contributed by atoms with E-state index in [-0.39, 0.29) is 12.6 Å². The van der Waals surface area contributed by atoms with Crippen LogP contribution in [0.25, 0.3) is 11.3 Å². The normalized spacial score (nSPS) is 12.3. The Balaban J connectivity index is 2.09. The lowest BCUT2D eigenvalue weighted by molar-refractivity contribution is 0.277. The summed E-state index contributed by atoms with van der Waals surface area (Å²) in [6.45, 7) is 1.91. The van der Waals surface area contributed by atoms with Crippen LogP contribution in [-0.2, 0) is 6.61 Å². The number of hydrogen-bond donors (Lipinski definition) is 1. The van der Waals surface area contributed by atoms with Crippen LogP contribution < -0.4 is 0 Å². The van der Waals surface area contributed by atoms with Crippen LogP contribution in [-0.4, -0.2) is 20.1 Å². The molecule has 0 fully saturated rings. The van der Waals surface area contributed by atoms with E-state index in [4.69, 9.17) is 11.6 Å². The average molecular weight is 314 g/mol. The smallest absolute Gasteiger partial charge is 0.116 e. The Bertz CT molecular complexity index is 753. The number of rotatable bonds is 4. The lowest BCUT2D eigenvalue weighted by atomic mass is 10.1. The molecule has 3 aromatic rings. The van der Waals surface area contributed by atoms with Gasteiger partial charge in [0.25, 0.3) is 0 Å². The van der Waals surface area contributed by atoms with Gasteiger partial charge in [0.1, 0.15) is 5.69 Å². The summed E-state index contributed by atoms with van der Waals surface area (Å²) in [6, 6.07) is 17.6. The number of halogens is 1. The number of aromatic nitrogens is 3. The topological polar surface area (TPSA) is 50.9 Å². The molecule has 5 heteroatoms. The molecule has 0 aliphatic carbocycles. The van der Waals surface area contributed by atoms with Crippen molar-refractivity contribution in [3.05, 3.63) is 70.9 Å². The molecule has 1 N–H and O–H groups in total. The van der Waals surface area contributed by atoms with Gasteiger partial charge in [0, 0.05) is 10.6 Å². The first-order chi connectivity index (χ1) is 10.7. The van der Waals surface area contributed by atoms with Crippen LogP contribution in [0.2, 0.25) is 5.02 Å². The second-order valence-corrected chi connectivity index (χ2v) is 5.52. The standard InChI is InChI=1S/C17H16ClN3O/c1-12(13-5-3-2-4-6-13)21-17(16(11-22)19-20-21)14-7-9-15(18)10-8-14/h2-10,12,22H,11H2,1H3. The number of nitrogens with zero attached hydrogens (tertiary/aromatic N) is 3. The fraction of sp³-hybridized carbons (Fsp3) is 0.176. The Hall–Kier alpha value is -2.17. The van der Waals surface area contributed by atoms with Crippen molar-refractivity contribution in [1.82, 2.24) is 15.0 Å². The molecule has 0 bridgehead atoms. The molecule has 22 heavy (non-hydrogen) atoms. The van der Waals surface area contributed by atoms with E-state index in [9.17, 15) is 5.11 Å². The zero-order valence-electron chi connectivity index (χ0n) is 12.1. The quantitative estimate of drug-likeness (QED) is 0.799. The molecule has 1 aromatic heterocycles. The van der Waals surface area contributed by atoms with Crippen LogP contribution >= 0.6 is 11.6 Å². The molecule has 0 aliphatic rings. The maximum absolute atomic E-state index is 9.56. The minimum absolute atomic E-state index is 0.0136. The third-order valence-corrected chi connectivity index (χ3v) is 3.93. The molecule has 3 rings (SSSR count). The zero-order valence-corrected chi connectivity index (χ0v) is 12.9. The molecule has 1 heterocycles. The average Bonchev–Trinajstić information content (AvgIpc) is 2.99. The van der Waals surface area contributed by atoms with Crippen LogP contribution in [0.5, 0.6) is 0 Å². The molecular formula is C17H16ClN3O. The summed E-state index contributed by atoms with van der Waals surface area (Å²) in [4.78, 5) is 0. The van der Waals surface area contributed by atoms with E-state index >= 15 is 0 Å². The number of benzene rings is 2. The Morgan fingerprint density at radius 2 is 1.77 bits per heavy atom. The van der Waals surface area contributed by atoms with E-state index in [1.807, 2.05) is 47.1 Å². The summed E-state index contributed by atoms with van der Waals surface area (Å²) < 4.78 is 1.84. The van der Waals surface area contributed by atoms with E-state index in [1.54, 1.807) is 0 Å². The van der Waals surface area contributed by atoms with Gasteiger partial charge in [-0.15, -0.1) is 5.10 Å². The van der Waals surface area contributed by atoms with Crippen LogP contribution in [0.4, 0.5) is 0 Å². The first-order valence-electron chi connectivity index (χ1n) is 7.06. The second kappa shape index (κ2) is 6.30.